The maximum absolute atomic E-state index is 12.5. The standard InChI is InChI=1S/C20H26N4O/c1-23(20(25)18-7-8-19(21)22-13-18)14-17-9-11-24(12-10-17)15-16-5-3-2-4-6-16/h2-8,13,17H,9-12,14-15H2,1H3,(H2,21,22). The van der Waals surface area contributed by atoms with Crippen LogP contribution in [0.3, 0.4) is 0 Å². The number of nitrogens with two attached hydrogens (primary N) is 1. The van der Waals surface area contributed by atoms with Gasteiger partial charge in [-0.2, -0.15) is 0 Å². The molecule has 0 aliphatic carbocycles. The van der Waals surface area contributed by atoms with Gasteiger partial charge in [0, 0.05) is 26.3 Å². The number of aromatic nitrogens is 1. The third-order valence-corrected chi connectivity index (χ3v) is 4.87. The number of pyridine rings is 1. The van der Waals surface area contributed by atoms with Gasteiger partial charge >= 0.3 is 0 Å². The van der Waals surface area contributed by atoms with Crippen LogP contribution in [0.25, 0.3) is 0 Å². The number of hydrogen-bond donors (Lipinski definition) is 1. The number of piperidine rings is 1. The minimum absolute atomic E-state index is 0.0132. The summed E-state index contributed by atoms with van der Waals surface area (Å²) in [6.07, 6.45) is 3.81. The third-order valence-electron chi connectivity index (χ3n) is 4.87. The summed E-state index contributed by atoms with van der Waals surface area (Å²) in [4.78, 5) is 20.8. The van der Waals surface area contributed by atoms with Gasteiger partial charge in [-0.1, -0.05) is 30.3 Å². The molecule has 132 valence electrons. The Kier molecular flexibility index (Phi) is 5.66. The van der Waals surface area contributed by atoms with Crippen LogP contribution in [0.15, 0.2) is 48.7 Å². The molecule has 3 rings (SSSR count). The predicted octanol–water partition coefficient (Wildman–Crippen LogP) is 2.65. The molecule has 0 radical (unpaired) electrons. The first kappa shape index (κ1) is 17.4. The van der Waals surface area contributed by atoms with Crippen LogP contribution >= 0.6 is 0 Å². The van der Waals surface area contributed by atoms with Crippen molar-refractivity contribution in [2.24, 2.45) is 5.92 Å². The van der Waals surface area contributed by atoms with Crippen molar-refractivity contribution in [3.63, 3.8) is 0 Å². The molecule has 1 aromatic carbocycles. The second-order valence-corrected chi connectivity index (χ2v) is 6.86. The van der Waals surface area contributed by atoms with Crippen molar-refractivity contribution >= 4 is 11.7 Å². The zero-order valence-corrected chi connectivity index (χ0v) is 14.8. The number of carbonyl (C=O) groups excluding carboxylic acids is 1. The number of carbonyl (C=O) groups is 1. The Labute approximate surface area is 149 Å². The van der Waals surface area contributed by atoms with Crippen LogP contribution in [0.2, 0.25) is 0 Å². The van der Waals surface area contributed by atoms with Gasteiger partial charge < -0.3 is 10.6 Å². The molecule has 1 amide bonds. The SMILES string of the molecule is CN(CC1CCN(Cc2ccccc2)CC1)C(=O)c1ccc(N)nc1. The number of nitrogen functional groups attached to an aromatic ring is 1. The van der Waals surface area contributed by atoms with E-state index in [1.165, 1.54) is 5.56 Å². The lowest BCUT2D eigenvalue weighted by Crippen LogP contribution is -2.39. The van der Waals surface area contributed by atoms with Crippen molar-refractivity contribution in [1.82, 2.24) is 14.8 Å². The number of benzene rings is 1. The Bertz CT molecular complexity index is 679. The van der Waals surface area contributed by atoms with E-state index in [0.29, 0.717) is 17.3 Å². The molecule has 0 spiro atoms. The van der Waals surface area contributed by atoms with Crippen LogP contribution in [-0.4, -0.2) is 47.4 Å². The zero-order chi connectivity index (χ0) is 17.6. The van der Waals surface area contributed by atoms with Crippen molar-refractivity contribution < 1.29 is 4.79 Å². The summed E-state index contributed by atoms with van der Waals surface area (Å²) >= 11 is 0. The minimum Gasteiger partial charge on any atom is -0.384 e. The quantitative estimate of drug-likeness (QED) is 0.910. The van der Waals surface area contributed by atoms with Crippen molar-refractivity contribution in [2.45, 2.75) is 19.4 Å². The van der Waals surface area contributed by atoms with E-state index in [0.717, 1.165) is 39.0 Å². The van der Waals surface area contributed by atoms with Gasteiger partial charge in [0.25, 0.3) is 5.91 Å². The van der Waals surface area contributed by atoms with Crippen LogP contribution in [0, 0.1) is 5.92 Å². The second kappa shape index (κ2) is 8.12. The van der Waals surface area contributed by atoms with Gasteiger partial charge in [0.2, 0.25) is 0 Å². The van der Waals surface area contributed by atoms with E-state index in [4.69, 9.17) is 5.73 Å². The third kappa shape index (κ3) is 4.79. The zero-order valence-electron chi connectivity index (χ0n) is 14.8. The fraction of sp³-hybridized carbons (Fsp3) is 0.400. The van der Waals surface area contributed by atoms with Gasteiger partial charge in [0.05, 0.1) is 5.56 Å². The molecule has 2 N–H and O–H groups in total. The molecule has 1 aliphatic rings. The molecular weight excluding hydrogens is 312 g/mol. The molecule has 2 heterocycles. The average molecular weight is 338 g/mol. The summed E-state index contributed by atoms with van der Waals surface area (Å²) < 4.78 is 0. The highest BCUT2D eigenvalue weighted by molar-refractivity contribution is 5.93. The van der Waals surface area contributed by atoms with Crippen molar-refractivity contribution in [1.29, 1.82) is 0 Å². The van der Waals surface area contributed by atoms with Crippen LogP contribution < -0.4 is 5.73 Å². The van der Waals surface area contributed by atoms with Crippen molar-refractivity contribution in [3.05, 3.63) is 59.8 Å². The minimum atomic E-state index is 0.0132. The first-order valence-electron chi connectivity index (χ1n) is 8.85. The lowest BCUT2D eigenvalue weighted by atomic mass is 9.95. The van der Waals surface area contributed by atoms with Crippen molar-refractivity contribution in [3.8, 4) is 0 Å². The van der Waals surface area contributed by atoms with Gasteiger partial charge in [-0.3, -0.25) is 9.69 Å². The van der Waals surface area contributed by atoms with E-state index in [9.17, 15) is 4.79 Å². The molecule has 5 nitrogen and oxygen atoms in total. The summed E-state index contributed by atoms with van der Waals surface area (Å²) in [7, 11) is 1.87. The van der Waals surface area contributed by atoms with Gasteiger partial charge in [-0.25, -0.2) is 4.98 Å². The average Bonchev–Trinajstić information content (AvgIpc) is 2.64. The summed E-state index contributed by atoms with van der Waals surface area (Å²) in [5.41, 5.74) is 7.54. The van der Waals surface area contributed by atoms with E-state index in [1.54, 1.807) is 18.3 Å². The van der Waals surface area contributed by atoms with Crippen LogP contribution in [0.5, 0.6) is 0 Å². The lowest BCUT2D eigenvalue weighted by Gasteiger charge is -2.34. The Morgan fingerprint density at radius 1 is 1.20 bits per heavy atom. The summed E-state index contributed by atoms with van der Waals surface area (Å²) in [5, 5.41) is 0. The number of amides is 1. The Hall–Kier alpha value is -2.40. The van der Waals surface area contributed by atoms with E-state index < -0.39 is 0 Å². The first-order valence-corrected chi connectivity index (χ1v) is 8.85. The molecular formula is C20H26N4O. The highest BCUT2D eigenvalue weighted by atomic mass is 16.2. The molecule has 25 heavy (non-hydrogen) atoms. The van der Waals surface area contributed by atoms with E-state index >= 15 is 0 Å². The second-order valence-electron chi connectivity index (χ2n) is 6.86. The molecule has 0 atom stereocenters. The monoisotopic (exact) mass is 338 g/mol. The maximum atomic E-state index is 12.5. The van der Waals surface area contributed by atoms with E-state index in [1.807, 2.05) is 11.9 Å². The fourth-order valence-electron chi connectivity index (χ4n) is 3.39. The summed E-state index contributed by atoms with van der Waals surface area (Å²) in [5.74, 6) is 1.01. The van der Waals surface area contributed by atoms with E-state index in [2.05, 4.69) is 40.2 Å². The molecule has 1 aliphatic heterocycles. The fourth-order valence-corrected chi connectivity index (χ4v) is 3.39. The van der Waals surface area contributed by atoms with E-state index in [-0.39, 0.29) is 5.91 Å². The molecule has 1 saturated heterocycles. The number of hydrogen-bond acceptors (Lipinski definition) is 4. The topological polar surface area (TPSA) is 62.5 Å². The molecule has 0 unspecified atom stereocenters. The molecule has 0 bridgehead atoms. The van der Waals surface area contributed by atoms with Gasteiger partial charge in [0.1, 0.15) is 5.82 Å². The summed E-state index contributed by atoms with van der Waals surface area (Å²) in [6, 6.07) is 14.0. The molecule has 2 aromatic rings. The largest absolute Gasteiger partial charge is 0.384 e. The lowest BCUT2D eigenvalue weighted by molar-refractivity contribution is 0.0737. The van der Waals surface area contributed by atoms with Crippen LogP contribution in [-0.2, 0) is 6.54 Å². The molecule has 0 saturated carbocycles. The van der Waals surface area contributed by atoms with Gasteiger partial charge in [-0.05, 0) is 49.5 Å². The number of rotatable bonds is 5. The Morgan fingerprint density at radius 2 is 1.92 bits per heavy atom. The van der Waals surface area contributed by atoms with Crippen LogP contribution in [0.1, 0.15) is 28.8 Å². The van der Waals surface area contributed by atoms with Crippen LogP contribution in [0.4, 0.5) is 5.82 Å². The Balaban J connectivity index is 1.46. The summed E-state index contributed by atoms with van der Waals surface area (Å²) in [6.45, 7) is 3.98. The maximum Gasteiger partial charge on any atom is 0.255 e. The molecule has 1 fully saturated rings. The molecule has 5 heteroatoms. The Morgan fingerprint density at radius 3 is 2.56 bits per heavy atom. The molecule has 1 aromatic heterocycles. The normalized spacial score (nSPS) is 15.9. The highest BCUT2D eigenvalue weighted by Gasteiger charge is 2.22. The smallest absolute Gasteiger partial charge is 0.255 e. The van der Waals surface area contributed by atoms with Crippen molar-refractivity contribution in [2.75, 3.05) is 32.4 Å². The number of likely N-dealkylation sites (tertiary alicyclic amines) is 1. The van der Waals surface area contributed by atoms with Gasteiger partial charge in [0.15, 0.2) is 0 Å². The van der Waals surface area contributed by atoms with Gasteiger partial charge in [-0.15, -0.1) is 0 Å². The first-order chi connectivity index (χ1) is 12.1. The number of anilines is 1. The number of nitrogens with zero attached hydrogens (tertiary/aromatic N) is 3. The highest BCUT2D eigenvalue weighted by Crippen LogP contribution is 2.20. The predicted molar refractivity (Wildman–Crippen MR) is 100 cm³/mol.